The lowest BCUT2D eigenvalue weighted by atomic mass is 10.2. The Bertz CT molecular complexity index is 1120. The van der Waals surface area contributed by atoms with Crippen molar-refractivity contribution in [3.8, 4) is 0 Å². The van der Waals surface area contributed by atoms with Crippen molar-refractivity contribution in [2.75, 3.05) is 33.2 Å². The van der Waals surface area contributed by atoms with E-state index in [1.54, 1.807) is 0 Å². The van der Waals surface area contributed by atoms with Crippen molar-refractivity contribution in [1.82, 2.24) is 14.1 Å². The van der Waals surface area contributed by atoms with Crippen LogP contribution in [0.5, 0.6) is 0 Å². The summed E-state index contributed by atoms with van der Waals surface area (Å²) in [5.74, 6) is -2.04. The van der Waals surface area contributed by atoms with Crippen molar-refractivity contribution in [3.63, 3.8) is 0 Å². The maximum absolute atomic E-state index is 13.8. The van der Waals surface area contributed by atoms with Gasteiger partial charge in [-0.3, -0.25) is 9.59 Å². The lowest BCUT2D eigenvalue weighted by Crippen LogP contribution is -2.50. The molecule has 1 aliphatic rings. The van der Waals surface area contributed by atoms with Gasteiger partial charge in [-0.05, 0) is 30.3 Å². The number of carbonyl (C=O) groups is 2. The van der Waals surface area contributed by atoms with E-state index < -0.39 is 21.7 Å². The van der Waals surface area contributed by atoms with Gasteiger partial charge in [-0.1, -0.05) is 17.7 Å². The number of rotatable bonds is 7. The number of benzene rings is 2. The highest BCUT2D eigenvalue weighted by molar-refractivity contribution is 7.89. The quantitative estimate of drug-likeness (QED) is 0.587. The summed E-state index contributed by atoms with van der Waals surface area (Å²) in [7, 11) is -2.20. The monoisotopic (exact) mass is 499 g/mol. The Morgan fingerprint density at radius 2 is 1.64 bits per heavy atom. The summed E-state index contributed by atoms with van der Waals surface area (Å²) in [6.07, 6.45) is -0.111. The first-order valence-corrected chi connectivity index (χ1v) is 12.1. The molecule has 33 heavy (non-hydrogen) atoms. The first kappa shape index (κ1) is 25.1. The molecule has 2 amide bonds. The Hall–Kier alpha value is -2.56. The van der Waals surface area contributed by atoms with Gasteiger partial charge in [0, 0.05) is 69.3 Å². The van der Waals surface area contributed by atoms with Crippen LogP contribution in [0.2, 0.25) is 5.02 Å². The number of hydrogen-bond donors (Lipinski definition) is 0. The molecule has 0 spiro atoms. The minimum absolute atomic E-state index is 0.0413. The van der Waals surface area contributed by atoms with Crippen LogP contribution in [0.4, 0.5) is 8.78 Å². The average molecular weight is 500 g/mol. The largest absolute Gasteiger partial charge is 0.341 e. The minimum Gasteiger partial charge on any atom is -0.341 e. The maximum atomic E-state index is 13.8. The first-order valence-electron chi connectivity index (χ1n) is 10.3. The number of sulfonamides is 1. The molecule has 1 aliphatic heterocycles. The topological polar surface area (TPSA) is 78.0 Å². The molecule has 1 saturated heterocycles. The third kappa shape index (κ3) is 6.27. The van der Waals surface area contributed by atoms with Crippen LogP contribution in [-0.2, 0) is 26.2 Å². The Balaban J connectivity index is 1.47. The first-order chi connectivity index (χ1) is 15.6. The molecule has 0 radical (unpaired) electrons. The Kier molecular flexibility index (Phi) is 8.04. The second-order valence-corrected chi connectivity index (χ2v) is 10.1. The van der Waals surface area contributed by atoms with Gasteiger partial charge in [0.25, 0.3) is 0 Å². The van der Waals surface area contributed by atoms with Crippen molar-refractivity contribution in [3.05, 3.63) is 64.7 Å². The molecule has 2 aromatic rings. The molecule has 0 unspecified atom stereocenters. The van der Waals surface area contributed by atoms with Crippen LogP contribution < -0.4 is 0 Å². The normalized spacial score (nSPS) is 14.8. The molecule has 11 heteroatoms. The molecule has 2 aromatic carbocycles. The van der Waals surface area contributed by atoms with Gasteiger partial charge in [-0.15, -0.1) is 0 Å². The summed E-state index contributed by atoms with van der Waals surface area (Å²) in [6.45, 7) is 0.691. The van der Waals surface area contributed by atoms with E-state index >= 15 is 0 Å². The average Bonchev–Trinajstić information content (AvgIpc) is 2.79. The number of nitrogens with zero attached hydrogens (tertiary/aromatic N) is 3. The summed E-state index contributed by atoms with van der Waals surface area (Å²) in [5.41, 5.74) is 0.177. The standard InChI is InChI=1S/C22H24ClF2N3O4S/c1-26(15-16-2-5-18(24)14-20(16)25)21(29)8-9-22(30)27-10-12-28(13-11-27)33(31,32)19-6-3-17(23)4-7-19/h2-7,14H,8-13,15H2,1H3. The molecular formula is C22H24ClF2N3O4S. The van der Waals surface area contributed by atoms with Gasteiger partial charge in [0.1, 0.15) is 11.6 Å². The number of hydrogen-bond acceptors (Lipinski definition) is 4. The van der Waals surface area contributed by atoms with E-state index in [1.807, 2.05) is 0 Å². The zero-order valence-corrected chi connectivity index (χ0v) is 19.6. The summed E-state index contributed by atoms with van der Waals surface area (Å²) in [4.78, 5) is 27.8. The van der Waals surface area contributed by atoms with Crippen molar-refractivity contribution >= 4 is 33.4 Å². The van der Waals surface area contributed by atoms with Gasteiger partial charge in [-0.25, -0.2) is 17.2 Å². The summed E-state index contributed by atoms with van der Waals surface area (Å²) in [5, 5.41) is 0.437. The number of halogens is 3. The molecule has 178 valence electrons. The fourth-order valence-corrected chi connectivity index (χ4v) is 5.04. The van der Waals surface area contributed by atoms with Crippen molar-refractivity contribution in [2.45, 2.75) is 24.3 Å². The zero-order valence-electron chi connectivity index (χ0n) is 18.0. The third-order valence-electron chi connectivity index (χ3n) is 5.44. The van der Waals surface area contributed by atoms with Gasteiger partial charge in [0.2, 0.25) is 21.8 Å². The third-order valence-corrected chi connectivity index (χ3v) is 7.61. The Labute approximate surface area is 196 Å². The fourth-order valence-electron chi connectivity index (χ4n) is 3.49. The molecule has 1 fully saturated rings. The van der Waals surface area contributed by atoms with Crippen LogP contribution in [0, 0.1) is 11.6 Å². The van der Waals surface area contributed by atoms with E-state index in [-0.39, 0.29) is 67.8 Å². The van der Waals surface area contributed by atoms with Crippen molar-refractivity contribution < 1.29 is 26.8 Å². The van der Waals surface area contributed by atoms with E-state index in [1.165, 1.54) is 51.5 Å². The van der Waals surface area contributed by atoms with Gasteiger partial charge in [0.05, 0.1) is 4.90 Å². The predicted octanol–water partition coefficient (Wildman–Crippen LogP) is 2.89. The van der Waals surface area contributed by atoms with E-state index in [4.69, 9.17) is 11.6 Å². The number of carbonyl (C=O) groups excluding carboxylic acids is 2. The highest BCUT2D eigenvalue weighted by Gasteiger charge is 2.30. The van der Waals surface area contributed by atoms with Crippen LogP contribution >= 0.6 is 11.6 Å². The van der Waals surface area contributed by atoms with Gasteiger partial charge < -0.3 is 9.80 Å². The second-order valence-electron chi connectivity index (χ2n) is 7.72. The van der Waals surface area contributed by atoms with E-state index in [0.29, 0.717) is 5.02 Å². The summed E-state index contributed by atoms with van der Waals surface area (Å²) < 4.78 is 53.6. The van der Waals surface area contributed by atoms with Gasteiger partial charge >= 0.3 is 0 Å². The molecule has 3 rings (SSSR count). The second kappa shape index (κ2) is 10.6. The number of amides is 2. The summed E-state index contributed by atoms with van der Waals surface area (Å²) >= 11 is 5.82. The molecule has 0 saturated carbocycles. The van der Waals surface area contributed by atoms with E-state index in [2.05, 4.69) is 0 Å². The lowest BCUT2D eigenvalue weighted by Gasteiger charge is -2.34. The Morgan fingerprint density at radius 1 is 1.00 bits per heavy atom. The maximum Gasteiger partial charge on any atom is 0.243 e. The van der Waals surface area contributed by atoms with E-state index in [0.717, 1.165) is 12.1 Å². The molecule has 0 N–H and O–H groups in total. The smallest absolute Gasteiger partial charge is 0.243 e. The molecular weight excluding hydrogens is 476 g/mol. The Morgan fingerprint density at radius 3 is 2.24 bits per heavy atom. The van der Waals surface area contributed by atoms with Crippen LogP contribution in [0.3, 0.4) is 0 Å². The van der Waals surface area contributed by atoms with Crippen LogP contribution in [0.1, 0.15) is 18.4 Å². The zero-order chi connectivity index (χ0) is 24.2. The van der Waals surface area contributed by atoms with Gasteiger partial charge in [-0.2, -0.15) is 4.31 Å². The highest BCUT2D eigenvalue weighted by Crippen LogP contribution is 2.20. The van der Waals surface area contributed by atoms with Crippen molar-refractivity contribution in [2.24, 2.45) is 0 Å². The van der Waals surface area contributed by atoms with Crippen LogP contribution in [-0.4, -0.2) is 67.6 Å². The van der Waals surface area contributed by atoms with Crippen molar-refractivity contribution in [1.29, 1.82) is 0 Å². The molecule has 0 bridgehead atoms. The van der Waals surface area contributed by atoms with Crippen LogP contribution in [0.15, 0.2) is 47.4 Å². The van der Waals surface area contributed by atoms with E-state index in [9.17, 15) is 26.8 Å². The molecule has 0 aromatic heterocycles. The predicted molar refractivity (Wildman–Crippen MR) is 119 cm³/mol. The molecule has 0 atom stereocenters. The van der Waals surface area contributed by atoms with Crippen LogP contribution in [0.25, 0.3) is 0 Å². The van der Waals surface area contributed by atoms with Gasteiger partial charge in [0.15, 0.2) is 0 Å². The highest BCUT2D eigenvalue weighted by atomic mass is 35.5. The minimum atomic E-state index is -3.68. The SMILES string of the molecule is CN(Cc1ccc(F)cc1F)C(=O)CCC(=O)N1CCN(S(=O)(=O)c2ccc(Cl)cc2)CC1. The molecule has 1 heterocycles. The lowest BCUT2D eigenvalue weighted by molar-refractivity contribution is -0.137. The molecule has 0 aliphatic carbocycles. The molecule has 7 nitrogen and oxygen atoms in total. The number of piperazine rings is 1. The fraction of sp³-hybridized carbons (Fsp3) is 0.364. The summed E-state index contributed by atoms with van der Waals surface area (Å²) in [6, 6.07) is 9.04.